The number of imidazole rings is 1. The highest BCUT2D eigenvalue weighted by molar-refractivity contribution is 5.81. The van der Waals surface area contributed by atoms with E-state index in [9.17, 15) is 0 Å². The number of para-hydroxylation sites is 3. The minimum Gasteiger partial charge on any atom is -0.493 e. The van der Waals surface area contributed by atoms with Crippen LogP contribution in [0, 0.1) is 0 Å². The first-order valence-corrected chi connectivity index (χ1v) is 6.69. The van der Waals surface area contributed by atoms with E-state index in [0.29, 0.717) is 18.1 Å². The SMILES string of the molecule is C=CCOc1c(OC)cccc1-c1nc2ccccc2[nH]1. The van der Waals surface area contributed by atoms with Crippen molar-refractivity contribution in [3.63, 3.8) is 0 Å². The molecule has 1 N–H and O–H groups in total. The van der Waals surface area contributed by atoms with Crippen LogP contribution >= 0.6 is 0 Å². The van der Waals surface area contributed by atoms with Gasteiger partial charge in [-0.15, -0.1) is 0 Å². The standard InChI is InChI=1S/C17H16N2O2/c1-3-11-21-16-12(7-6-10-15(16)20-2)17-18-13-8-4-5-9-14(13)19-17/h3-10H,1,11H2,2H3,(H,18,19). The van der Waals surface area contributed by atoms with Gasteiger partial charge in [0.15, 0.2) is 11.5 Å². The second-order valence-electron chi connectivity index (χ2n) is 4.54. The van der Waals surface area contributed by atoms with Crippen molar-refractivity contribution in [2.45, 2.75) is 0 Å². The Morgan fingerprint density at radius 1 is 1.19 bits per heavy atom. The van der Waals surface area contributed by atoms with Crippen LogP contribution in [0.1, 0.15) is 0 Å². The second-order valence-corrected chi connectivity index (χ2v) is 4.54. The number of rotatable bonds is 5. The van der Waals surface area contributed by atoms with Gasteiger partial charge in [-0.2, -0.15) is 0 Å². The molecule has 0 atom stereocenters. The number of hydrogen-bond acceptors (Lipinski definition) is 3. The predicted molar refractivity (Wildman–Crippen MR) is 83.8 cm³/mol. The summed E-state index contributed by atoms with van der Waals surface area (Å²) in [5.74, 6) is 2.10. The van der Waals surface area contributed by atoms with E-state index in [-0.39, 0.29) is 0 Å². The third-order valence-corrected chi connectivity index (χ3v) is 3.19. The number of methoxy groups -OCH3 is 1. The summed E-state index contributed by atoms with van der Waals surface area (Å²) in [6, 6.07) is 13.7. The van der Waals surface area contributed by atoms with Crippen LogP contribution in [0.5, 0.6) is 11.5 Å². The van der Waals surface area contributed by atoms with Crippen molar-refractivity contribution < 1.29 is 9.47 Å². The van der Waals surface area contributed by atoms with Crippen molar-refractivity contribution in [2.24, 2.45) is 0 Å². The molecular weight excluding hydrogens is 264 g/mol. The van der Waals surface area contributed by atoms with Gasteiger partial charge in [0.1, 0.15) is 12.4 Å². The fraction of sp³-hybridized carbons (Fsp3) is 0.118. The Labute approximate surface area is 123 Å². The molecular formula is C17H16N2O2. The zero-order chi connectivity index (χ0) is 14.7. The largest absolute Gasteiger partial charge is 0.493 e. The highest BCUT2D eigenvalue weighted by atomic mass is 16.5. The Balaban J connectivity index is 2.13. The van der Waals surface area contributed by atoms with Crippen molar-refractivity contribution in [3.05, 3.63) is 55.1 Å². The van der Waals surface area contributed by atoms with Crippen LogP contribution in [0.4, 0.5) is 0 Å². The molecule has 0 saturated carbocycles. The first-order chi connectivity index (χ1) is 10.3. The highest BCUT2D eigenvalue weighted by Crippen LogP contribution is 2.37. The quantitative estimate of drug-likeness (QED) is 0.723. The number of H-pyrrole nitrogens is 1. The second kappa shape index (κ2) is 5.71. The lowest BCUT2D eigenvalue weighted by Crippen LogP contribution is -1.99. The molecule has 3 rings (SSSR count). The van der Waals surface area contributed by atoms with Gasteiger partial charge in [0, 0.05) is 0 Å². The number of fused-ring (bicyclic) bond motifs is 1. The lowest BCUT2D eigenvalue weighted by Gasteiger charge is -2.12. The van der Waals surface area contributed by atoms with E-state index in [0.717, 1.165) is 22.4 Å². The van der Waals surface area contributed by atoms with E-state index in [1.165, 1.54) is 0 Å². The summed E-state index contributed by atoms with van der Waals surface area (Å²) >= 11 is 0. The molecule has 0 aliphatic heterocycles. The van der Waals surface area contributed by atoms with Gasteiger partial charge in [-0.1, -0.05) is 30.9 Å². The monoisotopic (exact) mass is 280 g/mol. The average Bonchev–Trinajstić information content (AvgIpc) is 2.96. The first-order valence-electron chi connectivity index (χ1n) is 6.69. The molecule has 4 nitrogen and oxygen atoms in total. The molecule has 0 radical (unpaired) electrons. The lowest BCUT2D eigenvalue weighted by atomic mass is 10.1. The molecule has 0 spiro atoms. The van der Waals surface area contributed by atoms with Gasteiger partial charge in [0.05, 0.1) is 23.7 Å². The molecule has 106 valence electrons. The molecule has 0 amide bonds. The van der Waals surface area contributed by atoms with Gasteiger partial charge in [-0.05, 0) is 24.3 Å². The number of benzene rings is 2. The van der Waals surface area contributed by atoms with Crippen LogP contribution in [0.25, 0.3) is 22.4 Å². The van der Waals surface area contributed by atoms with Gasteiger partial charge in [-0.25, -0.2) is 4.98 Å². The normalized spacial score (nSPS) is 10.5. The van der Waals surface area contributed by atoms with Crippen LogP contribution in [-0.4, -0.2) is 23.7 Å². The Kier molecular flexibility index (Phi) is 3.60. The number of ether oxygens (including phenoxy) is 2. The molecule has 0 saturated heterocycles. The Morgan fingerprint density at radius 2 is 2.05 bits per heavy atom. The first kappa shape index (κ1) is 13.2. The van der Waals surface area contributed by atoms with Crippen LogP contribution < -0.4 is 9.47 Å². The smallest absolute Gasteiger partial charge is 0.172 e. The van der Waals surface area contributed by atoms with E-state index in [4.69, 9.17) is 9.47 Å². The third kappa shape index (κ3) is 2.48. The summed E-state index contributed by atoms with van der Waals surface area (Å²) in [5.41, 5.74) is 2.78. The van der Waals surface area contributed by atoms with Crippen LogP contribution in [0.3, 0.4) is 0 Å². The maximum atomic E-state index is 5.76. The molecule has 0 aliphatic carbocycles. The van der Waals surface area contributed by atoms with Crippen LogP contribution in [0.15, 0.2) is 55.1 Å². The lowest BCUT2D eigenvalue weighted by molar-refractivity contribution is 0.327. The molecule has 2 aromatic carbocycles. The van der Waals surface area contributed by atoms with E-state index < -0.39 is 0 Å². The van der Waals surface area contributed by atoms with Gasteiger partial charge in [0.2, 0.25) is 0 Å². The Hall–Kier alpha value is -2.75. The zero-order valence-electron chi connectivity index (χ0n) is 11.8. The van der Waals surface area contributed by atoms with Crippen molar-refractivity contribution in [2.75, 3.05) is 13.7 Å². The fourth-order valence-corrected chi connectivity index (χ4v) is 2.23. The van der Waals surface area contributed by atoms with Crippen molar-refractivity contribution >= 4 is 11.0 Å². The zero-order valence-corrected chi connectivity index (χ0v) is 11.8. The van der Waals surface area contributed by atoms with Crippen LogP contribution in [0.2, 0.25) is 0 Å². The summed E-state index contributed by atoms with van der Waals surface area (Å²) in [5, 5.41) is 0. The van der Waals surface area contributed by atoms with Gasteiger partial charge in [0.25, 0.3) is 0 Å². The summed E-state index contributed by atoms with van der Waals surface area (Å²) in [6.07, 6.45) is 1.70. The van der Waals surface area contributed by atoms with E-state index in [1.54, 1.807) is 13.2 Å². The van der Waals surface area contributed by atoms with Crippen molar-refractivity contribution in [1.82, 2.24) is 9.97 Å². The van der Waals surface area contributed by atoms with Gasteiger partial charge in [-0.3, -0.25) is 0 Å². The number of aromatic nitrogens is 2. The summed E-state index contributed by atoms with van der Waals surface area (Å²) < 4.78 is 11.1. The molecule has 0 fully saturated rings. The van der Waals surface area contributed by atoms with Crippen molar-refractivity contribution in [3.8, 4) is 22.9 Å². The maximum Gasteiger partial charge on any atom is 0.172 e. The molecule has 0 unspecified atom stereocenters. The van der Waals surface area contributed by atoms with Crippen LogP contribution in [-0.2, 0) is 0 Å². The number of nitrogens with zero attached hydrogens (tertiary/aromatic N) is 1. The molecule has 0 bridgehead atoms. The summed E-state index contributed by atoms with van der Waals surface area (Å²) in [6.45, 7) is 4.09. The van der Waals surface area contributed by atoms with E-state index >= 15 is 0 Å². The van der Waals surface area contributed by atoms with Crippen molar-refractivity contribution in [1.29, 1.82) is 0 Å². The molecule has 1 heterocycles. The van der Waals surface area contributed by atoms with Gasteiger partial charge >= 0.3 is 0 Å². The predicted octanol–water partition coefficient (Wildman–Crippen LogP) is 3.80. The highest BCUT2D eigenvalue weighted by Gasteiger charge is 2.15. The molecule has 1 aromatic heterocycles. The fourth-order valence-electron chi connectivity index (χ4n) is 2.23. The van der Waals surface area contributed by atoms with E-state index in [2.05, 4.69) is 16.5 Å². The average molecular weight is 280 g/mol. The van der Waals surface area contributed by atoms with E-state index in [1.807, 2.05) is 42.5 Å². The minimum atomic E-state index is 0.410. The number of aromatic amines is 1. The molecule has 4 heteroatoms. The van der Waals surface area contributed by atoms with Gasteiger partial charge < -0.3 is 14.5 Å². The molecule has 3 aromatic rings. The number of nitrogens with one attached hydrogen (secondary N) is 1. The molecule has 21 heavy (non-hydrogen) atoms. The maximum absolute atomic E-state index is 5.76. The summed E-state index contributed by atoms with van der Waals surface area (Å²) in [7, 11) is 1.62. The Morgan fingerprint density at radius 3 is 2.81 bits per heavy atom. The minimum absolute atomic E-state index is 0.410. The summed E-state index contributed by atoms with van der Waals surface area (Å²) in [4.78, 5) is 7.92. The topological polar surface area (TPSA) is 47.1 Å². The number of hydrogen-bond donors (Lipinski definition) is 1. The Bertz CT molecular complexity index is 744. The molecule has 0 aliphatic rings. The third-order valence-electron chi connectivity index (χ3n) is 3.19.